The van der Waals surface area contributed by atoms with Gasteiger partial charge in [0, 0.05) is 6.07 Å². The van der Waals surface area contributed by atoms with Gasteiger partial charge in [0.15, 0.2) is 11.5 Å². The molecule has 0 spiro atoms. The van der Waals surface area contributed by atoms with Crippen molar-refractivity contribution in [1.29, 1.82) is 0 Å². The fourth-order valence-corrected chi connectivity index (χ4v) is 2.93. The highest BCUT2D eigenvalue weighted by molar-refractivity contribution is 5.81. The molecule has 0 aliphatic carbocycles. The minimum atomic E-state index is -0.856. The molecule has 0 unspecified atom stereocenters. The number of aromatic nitrogens is 2. The van der Waals surface area contributed by atoms with E-state index in [-0.39, 0.29) is 18.7 Å². The first kappa shape index (κ1) is 20.6. The van der Waals surface area contributed by atoms with Crippen LogP contribution >= 0.6 is 0 Å². The maximum Gasteiger partial charge on any atom is 0.261 e. The van der Waals surface area contributed by atoms with Crippen LogP contribution in [0, 0.1) is 0 Å². The lowest BCUT2D eigenvalue weighted by Crippen LogP contribution is -2.29. The van der Waals surface area contributed by atoms with Gasteiger partial charge in [0.2, 0.25) is 0 Å². The largest absolute Gasteiger partial charge is 0.497 e. The highest BCUT2D eigenvalue weighted by Gasteiger charge is 2.13. The Morgan fingerprint density at radius 2 is 1.72 bits per heavy atom. The van der Waals surface area contributed by atoms with Crippen molar-refractivity contribution >= 4 is 10.9 Å². The van der Waals surface area contributed by atoms with Crippen molar-refractivity contribution in [3.63, 3.8) is 0 Å². The highest BCUT2D eigenvalue weighted by atomic mass is 16.5. The minimum absolute atomic E-state index is 0.0682. The molecule has 0 saturated heterocycles. The van der Waals surface area contributed by atoms with Crippen molar-refractivity contribution in [2.45, 2.75) is 19.3 Å². The van der Waals surface area contributed by atoms with Gasteiger partial charge in [-0.05, 0) is 23.8 Å². The molecule has 3 aromatic rings. The van der Waals surface area contributed by atoms with E-state index in [0.717, 1.165) is 11.3 Å². The maximum atomic E-state index is 12.8. The average Bonchev–Trinajstić information content (AvgIpc) is 2.75. The van der Waals surface area contributed by atoms with Gasteiger partial charge in [-0.15, -0.1) is 0 Å². The van der Waals surface area contributed by atoms with Gasteiger partial charge >= 0.3 is 0 Å². The molecule has 0 aliphatic rings. The maximum absolute atomic E-state index is 12.8. The van der Waals surface area contributed by atoms with Gasteiger partial charge < -0.3 is 24.1 Å². The highest BCUT2D eigenvalue weighted by Crippen LogP contribution is 2.29. The van der Waals surface area contributed by atoms with Crippen molar-refractivity contribution in [3.05, 3.63) is 58.6 Å². The predicted octanol–water partition coefficient (Wildman–Crippen LogP) is 2.00. The van der Waals surface area contributed by atoms with E-state index in [4.69, 9.17) is 18.9 Å². The van der Waals surface area contributed by atoms with E-state index in [1.165, 1.54) is 25.1 Å². The van der Waals surface area contributed by atoms with Crippen LogP contribution < -0.4 is 19.8 Å². The van der Waals surface area contributed by atoms with Crippen LogP contribution in [-0.2, 0) is 17.9 Å². The van der Waals surface area contributed by atoms with Gasteiger partial charge in [-0.1, -0.05) is 12.1 Å². The van der Waals surface area contributed by atoms with Gasteiger partial charge in [0.25, 0.3) is 5.56 Å². The third kappa shape index (κ3) is 4.85. The summed E-state index contributed by atoms with van der Waals surface area (Å²) in [5.74, 6) is 1.71. The van der Waals surface area contributed by atoms with E-state index in [0.29, 0.717) is 29.0 Å². The molecule has 2 aromatic carbocycles. The number of benzene rings is 2. The molecule has 154 valence electrons. The fourth-order valence-electron chi connectivity index (χ4n) is 2.93. The SMILES string of the molecule is COc1ccc(COC[C@@H](O)Cn2cnc3cc(OC)c(OC)cc3c2=O)cc1. The van der Waals surface area contributed by atoms with E-state index in [1.807, 2.05) is 24.3 Å². The lowest BCUT2D eigenvalue weighted by atomic mass is 10.2. The molecule has 1 N–H and O–H groups in total. The lowest BCUT2D eigenvalue weighted by molar-refractivity contribution is 0.0198. The number of ether oxygens (including phenoxy) is 4. The van der Waals surface area contributed by atoms with Gasteiger partial charge in [-0.25, -0.2) is 4.98 Å². The van der Waals surface area contributed by atoms with E-state index >= 15 is 0 Å². The number of rotatable bonds is 9. The molecule has 8 nitrogen and oxygen atoms in total. The zero-order valence-electron chi connectivity index (χ0n) is 16.6. The van der Waals surface area contributed by atoms with Crippen LogP contribution in [0.2, 0.25) is 0 Å². The van der Waals surface area contributed by atoms with Crippen LogP contribution in [0.4, 0.5) is 0 Å². The predicted molar refractivity (Wildman–Crippen MR) is 108 cm³/mol. The summed E-state index contributed by atoms with van der Waals surface area (Å²) in [7, 11) is 4.63. The molecule has 8 heteroatoms. The molecule has 1 aromatic heterocycles. The number of aliphatic hydroxyl groups is 1. The Morgan fingerprint density at radius 1 is 1.03 bits per heavy atom. The topological polar surface area (TPSA) is 92.0 Å². The molecular weight excluding hydrogens is 376 g/mol. The van der Waals surface area contributed by atoms with Crippen LogP contribution in [0.3, 0.4) is 0 Å². The summed E-state index contributed by atoms with van der Waals surface area (Å²) in [5.41, 5.74) is 1.18. The Kier molecular flexibility index (Phi) is 6.69. The van der Waals surface area contributed by atoms with Gasteiger partial charge in [-0.3, -0.25) is 9.36 Å². The number of hydrogen-bond donors (Lipinski definition) is 1. The summed E-state index contributed by atoms with van der Waals surface area (Å²) < 4.78 is 22.5. The standard InChI is InChI=1S/C21H24N2O6/c1-26-16-6-4-14(5-7-16)11-29-12-15(24)10-23-13-22-18-9-20(28-3)19(27-2)8-17(18)21(23)25/h4-9,13,15,24H,10-12H2,1-3H3/t15-/m0/s1. The smallest absolute Gasteiger partial charge is 0.261 e. The van der Waals surface area contributed by atoms with Crippen LogP contribution in [0.5, 0.6) is 17.2 Å². The molecule has 1 heterocycles. The second-order valence-corrected chi connectivity index (χ2v) is 6.44. The molecule has 3 rings (SSSR count). The van der Waals surface area contributed by atoms with Crippen molar-refractivity contribution < 1.29 is 24.1 Å². The van der Waals surface area contributed by atoms with Gasteiger partial charge in [0.05, 0.1) is 64.4 Å². The van der Waals surface area contributed by atoms with Crippen molar-refractivity contribution in [2.75, 3.05) is 27.9 Å². The molecule has 0 saturated carbocycles. The Labute approximate surface area is 168 Å². The summed E-state index contributed by atoms with van der Waals surface area (Å²) in [5, 5.41) is 10.7. The fraction of sp³-hybridized carbons (Fsp3) is 0.333. The Bertz CT molecular complexity index is 1020. The van der Waals surface area contributed by atoms with Crippen LogP contribution in [0.15, 0.2) is 47.5 Å². The monoisotopic (exact) mass is 400 g/mol. The third-order valence-electron chi connectivity index (χ3n) is 4.47. The number of aliphatic hydroxyl groups excluding tert-OH is 1. The van der Waals surface area contributed by atoms with Gasteiger partial charge in [-0.2, -0.15) is 0 Å². The second-order valence-electron chi connectivity index (χ2n) is 6.44. The van der Waals surface area contributed by atoms with Crippen LogP contribution in [-0.4, -0.2) is 48.7 Å². The molecule has 0 aliphatic heterocycles. The van der Waals surface area contributed by atoms with Crippen LogP contribution in [0.1, 0.15) is 5.56 Å². The summed E-state index contributed by atoms with van der Waals surface area (Å²) in [6.45, 7) is 0.504. The van der Waals surface area contributed by atoms with Crippen molar-refractivity contribution in [1.82, 2.24) is 9.55 Å². The molecule has 0 radical (unpaired) electrons. The van der Waals surface area contributed by atoms with E-state index < -0.39 is 6.10 Å². The third-order valence-corrected chi connectivity index (χ3v) is 4.47. The lowest BCUT2D eigenvalue weighted by Gasteiger charge is -2.14. The average molecular weight is 400 g/mol. The summed E-state index contributed by atoms with van der Waals surface area (Å²) >= 11 is 0. The first-order valence-corrected chi connectivity index (χ1v) is 9.05. The molecule has 1 atom stereocenters. The number of methoxy groups -OCH3 is 3. The van der Waals surface area contributed by atoms with Crippen molar-refractivity contribution in [2.24, 2.45) is 0 Å². The summed E-state index contributed by atoms with van der Waals surface area (Å²) in [6.07, 6.45) is 0.550. The Balaban J connectivity index is 1.65. The Morgan fingerprint density at radius 3 is 2.38 bits per heavy atom. The van der Waals surface area contributed by atoms with E-state index in [2.05, 4.69) is 4.98 Å². The zero-order valence-corrected chi connectivity index (χ0v) is 16.6. The summed E-state index contributed by atoms with van der Waals surface area (Å²) in [4.78, 5) is 17.0. The molecule has 0 fully saturated rings. The van der Waals surface area contributed by atoms with Gasteiger partial charge in [0.1, 0.15) is 5.75 Å². The molecule has 29 heavy (non-hydrogen) atoms. The van der Waals surface area contributed by atoms with Crippen LogP contribution in [0.25, 0.3) is 10.9 Å². The minimum Gasteiger partial charge on any atom is -0.497 e. The molecule has 0 amide bonds. The normalized spacial score (nSPS) is 12.0. The van der Waals surface area contributed by atoms with Crippen molar-refractivity contribution in [3.8, 4) is 17.2 Å². The number of hydrogen-bond acceptors (Lipinski definition) is 7. The number of fused-ring (bicyclic) bond motifs is 1. The summed E-state index contributed by atoms with van der Waals surface area (Å²) in [6, 6.07) is 10.7. The number of nitrogens with zero attached hydrogens (tertiary/aromatic N) is 2. The van der Waals surface area contributed by atoms with E-state index in [1.54, 1.807) is 19.2 Å². The molecule has 0 bridgehead atoms. The molecular formula is C21H24N2O6. The first-order chi connectivity index (χ1) is 14.0. The zero-order chi connectivity index (χ0) is 20.8. The van der Waals surface area contributed by atoms with E-state index in [9.17, 15) is 9.90 Å². The first-order valence-electron chi connectivity index (χ1n) is 9.05. The quantitative estimate of drug-likeness (QED) is 0.587. The second kappa shape index (κ2) is 9.40. The Hall–Kier alpha value is -3.10.